The summed E-state index contributed by atoms with van der Waals surface area (Å²) in [6.07, 6.45) is 7.55. The molecule has 29 heavy (non-hydrogen) atoms. The first-order valence-electron chi connectivity index (χ1n) is 9.54. The fourth-order valence-electron chi connectivity index (χ4n) is 3.41. The first-order chi connectivity index (χ1) is 14.0. The van der Waals surface area contributed by atoms with E-state index in [1.54, 1.807) is 42.8 Å². The Kier molecular flexibility index (Phi) is 6.66. The van der Waals surface area contributed by atoms with Crippen molar-refractivity contribution < 1.29 is 24.3 Å². The highest BCUT2D eigenvalue weighted by molar-refractivity contribution is 6.00. The van der Waals surface area contributed by atoms with Crippen LogP contribution < -0.4 is 15.1 Å². The van der Waals surface area contributed by atoms with Crippen molar-refractivity contribution in [2.24, 2.45) is 0 Å². The number of rotatable bonds is 8. The molecule has 1 aromatic heterocycles. The third kappa shape index (κ3) is 5.23. The number of aromatic nitrogens is 1. The Morgan fingerprint density at radius 1 is 1.28 bits per heavy atom. The lowest BCUT2D eigenvalue weighted by molar-refractivity contribution is -0.114. The second kappa shape index (κ2) is 9.38. The van der Waals surface area contributed by atoms with Crippen LogP contribution in [0, 0.1) is 0 Å². The third-order valence-corrected chi connectivity index (χ3v) is 4.80. The molecule has 1 amide bonds. The van der Waals surface area contributed by atoms with Crippen molar-refractivity contribution in [2.75, 3.05) is 17.5 Å². The summed E-state index contributed by atoms with van der Waals surface area (Å²) in [6.45, 7) is 1.68. The number of anilines is 2. The summed E-state index contributed by atoms with van der Waals surface area (Å²) < 4.78 is 5.41. The van der Waals surface area contributed by atoms with Gasteiger partial charge in [0.05, 0.1) is 36.7 Å². The first kappa shape index (κ1) is 20.6. The van der Waals surface area contributed by atoms with E-state index in [0.29, 0.717) is 18.0 Å². The van der Waals surface area contributed by atoms with E-state index in [9.17, 15) is 14.7 Å². The van der Waals surface area contributed by atoms with Crippen molar-refractivity contribution in [2.45, 2.75) is 45.3 Å². The molecule has 2 aromatic rings. The Bertz CT molecular complexity index is 880. The fraction of sp³-hybridized carbons (Fsp3) is 0.381. The summed E-state index contributed by atoms with van der Waals surface area (Å²) in [5, 5.41) is 13.8. The van der Waals surface area contributed by atoms with E-state index in [1.165, 1.54) is 13.0 Å². The maximum atomic E-state index is 11.7. The van der Waals surface area contributed by atoms with Gasteiger partial charge in [-0.3, -0.25) is 14.6 Å². The molecule has 0 radical (unpaired) electrons. The minimum absolute atomic E-state index is 0.00382. The van der Waals surface area contributed by atoms with E-state index in [0.717, 1.165) is 31.2 Å². The minimum atomic E-state index is -1.13. The largest absolute Gasteiger partial charge is 0.496 e. The quantitative estimate of drug-likeness (QED) is 0.654. The lowest BCUT2D eigenvalue weighted by Gasteiger charge is -2.28. The van der Waals surface area contributed by atoms with Gasteiger partial charge in [0.2, 0.25) is 5.91 Å². The van der Waals surface area contributed by atoms with E-state index in [-0.39, 0.29) is 23.3 Å². The van der Waals surface area contributed by atoms with Gasteiger partial charge in [-0.1, -0.05) is 12.8 Å². The van der Waals surface area contributed by atoms with Crippen LogP contribution in [0.3, 0.4) is 0 Å². The fourth-order valence-corrected chi connectivity index (χ4v) is 3.41. The number of hydrogen-bond acceptors (Lipinski definition) is 6. The predicted molar refractivity (Wildman–Crippen MR) is 108 cm³/mol. The van der Waals surface area contributed by atoms with Crippen molar-refractivity contribution in [1.82, 2.24) is 4.98 Å². The molecule has 0 saturated heterocycles. The Labute approximate surface area is 169 Å². The number of carbonyl (C=O) groups is 2. The van der Waals surface area contributed by atoms with E-state index in [2.05, 4.69) is 10.3 Å². The average Bonchev–Trinajstić information content (AvgIpc) is 3.21. The highest BCUT2D eigenvalue weighted by Gasteiger charge is 2.23. The second-order valence-electron chi connectivity index (χ2n) is 6.95. The van der Waals surface area contributed by atoms with Crippen LogP contribution in [0.1, 0.15) is 48.5 Å². The number of pyridine rings is 1. The molecule has 1 fully saturated rings. The summed E-state index contributed by atoms with van der Waals surface area (Å²) >= 11 is 0. The molecule has 1 aromatic carbocycles. The van der Waals surface area contributed by atoms with Crippen LogP contribution in [0.15, 0.2) is 36.7 Å². The Morgan fingerprint density at radius 2 is 2.03 bits per heavy atom. The molecule has 2 N–H and O–H groups in total. The molecular formula is C21H25N3O5. The number of amides is 1. The number of carbonyl (C=O) groups excluding carboxylic acids is 1. The number of nitrogens with zero attached hydrogens (tertiary/aromatic N) is 2. The molecule has 0 unspecified atom stereocenters. The average molecular weight is 399 g/mol. The van der Waals surface area contributed by atoms with Gasteiger partial charge in [0.15, 0.2) is 0 Å². The van der Waals surface area contributed by atoms with Crippen LogP contribution in [0.4, 0.5) is 11.4 Å². The summed E-state index contributed by atoms with van der Waals surface area (Å²) in [5.74, 6) is -0.789. The lowest BCUT2D eigenvalue weighted by atomic mass is 10.1. The summed E-state index contributed by atoms with van der Waals surface area (Å²) in [5.41, 5.74) is 1.63. The smallest absolute Gasteiger partial charge is 0.337 e. The molecule has 1 saturated carbocycles. The van der Waals surface area contributed by atoms with Crippen LogP contribution in [-0.2, 0) is 16.2 Å². The standard InChI is InChI=1S/C21H25N3O5/c1-14(25)23-19-8-7-16(11-18(19)21(26)27)24(29-17-5-3-4-6-17)13-15-12-22-10-9-20(15)28-2/h7-12,17H,3-6,13H2,1-2H3,(H,23,25)(H,26,27). The molecule has 8 heteroatoms. The van der Waals surface area contributed by atoms with Gasteiger partial charge in [-0.25, -0.2) is 9.86 Å². The van der Waals surface area contributed by atoms with Crippen LogP contribution in [0.2, 0.25) is 0 Å². The van der Waals surface area contributed by atoms with Crippen LogP contribution >= 0.6 is 0 Å². The number of aromatic carboxylic acids is 1. The van der Waals surface area contributed by atoms with Gasteiger partial charge >= 0.3 is 5.97 Å². The minimum Gasteiger partial charge on any atom is -0.496 e. The van der Waals surface area contributed by atoms with Crippen molar-refractivity contribution in [3.63, 3.8) is 0 Å². The zero-order valence-corrected chi connectivity index (χ0v) is 16.6. The van der Waals surface area contributed by atoms with Crippen molar-refractivity contribution in [1.29, 1.82) is 0 Å². The first-order valence-corrected chi connectivity index (χ1v) is 9.54. The van der Waals surface area contributed by atoms with E-state index in [1.807, 2.05) is 0 Å². The molecule has 1 aliphatic rings. The predicted octanol–water partition coefficient (Wildman–Crippen LogP) is 3.63. The van der Waals surface area contributed by atoms with Gasteiger partial charge in [-0.15, -0.1) is 0 Å². The number of ether oxygens (including phenoxy) is 1. The van der Waals surface area contributed by atoms with Crippen LogP contribution in [-0.4, -0.2) is 35.2 Å². The molecule has 0 bridgehead atoms. The Hall–Kier alpha value is -3.13. The molecule has 8 nitrogen and oxygen atoms in total. The van der Waals surface area contributed by atoms with E-state index in [4.69, 9.17) is 9.57 Å². The molecule has 1 heterocycles. The summed E-state index contributed by atoms with van der Waals surface area (Å²) in [7, 11) is 1.59. The van der Waals surface area contributed by atoms with Crippen LogP contribution in [0.25, 0.3) is 0 Å². The maximum absolute atomic E-state index is 11.7. The van der Waals surface area contributed by atoms with Gasteiger partial charge in [0, 0.05) is 24.9 Å². The molecule has 1 aliphatic carbocycles. The molecule has 0 spiro atoms. The van der Waals surface area contributed by atoms with Crippen LogP contribution in [0.5, 0.6) is 5.75 Å². The van der Waals surface area contributed by atoms with E-state index >= 15 is 0 Å². The third-order valence-electron chi connectivity index (χ3n) is 4.80. The SMILES string of the molecule is COc1ccncc1CN(OC1CCCC1)c1ccc(NC(C)=O)c(C(=O)O)c1. The molecular weight excluding hydrogens is 374 g/mol. The summed E-state index contributed by atoms with van der Waals surface area (Å²) in [6, 6.07) is 6.58. The number of carboxylic acids is 1. The number of hydrogen-bond donors (Lipinski definition) is 2. The Morgan fingerprint density at radius 3 is 2.69 bits per heavy atom. The molecule has 154 valence electrons. The maximum Gasteiger partial charge on any atom is 0.337 e. The zero-order valence-electron chi connectivity index (χ0n) is 16.6. The topological polar surface area (TPSA) is 101 Å². The number of nitrogens with one attached hydrogen (secondary N) is 1. The highest BCUT2D eigenvalue weighted by Crippen LogP contribution is 2.30. The second-order valence-corrected chi connectivity index (χ2v) is 6.95. The lowest BCUT2D eigenvalue weighted by Crippen LogP contribution is -2.28. The highest BCUT2D eigenvalue weighted by atomic mass is 16.7. The van der Waals surface area contributed by atoms with Crippen molar-refractivity contribution in [3.8, 4) is 5.75 Å². The number of methoxy groups -OCH3 is 1. The van der Waals surface area contributed by atoms with Crippen molar-refractivity contribution in [3.05, 3.63) is 47.8 Å². The number of benzene rings is 1. The number of hydroxylamine groups is 1. The molecule has 0 atom stereocenters. The van der Waals surface area contributed by atoms with Crippen molar-refractivity contribution >= 4 is 23.3 Å². The normalized spacial score (nSPS) is 13.9. The van der Waals surface area contributed by atoms with Gasteiger partial charge in [0.1, 0.15) is 5.75 Å². The number of carboxylic acid groups (broad SMARTS) is 1. The molecule has 0 aliphatic heterocycles. The monoisotopic (exact) mass is 399 g/mol. The van der Waals surface area contributed by atoms with Gasteiger partial charge < -0.3 is 15.2 Å². The van der Waals surface area contributed by atoms with Gasteiger partial charge in [-0.2, -0.15) is 0 Å². The summed E-state index contributed by atoms with van der Waals surface area (Å²) in [4.78, 5) is 33.5. The Balaban J connectivity index is 1.95. The van der Waals surface area contributed by atoms with E-state index < -0.39 is 5.97 Å². The molecule has 3 rings (SSSR count). The van der Waals surface area contributed by atoms with Gasteiger partial charge in [-0.05, 0) is 37.1 Å². The zero-order chi connectivity index (χ0) is 20.8. The van der Waals surface area contributed by atoms with Gasteiger partial charge in [0.25, 0.3) is 0 Å².